The van der Waals surface area contributed by atoms with Crippen LogP contribution in [0.2, 0.25) is 0 Å². The molecule has 2 fully saturated rings. The monoisotopic (exact) mass is 97.1 g/mol. The summed E-state index contributed by atoms with van der Waals surface area (Å²) in [6, 6.07) is 1.01. The summed E-state index contributed by atoms with van der Waals surface area (Å²) in [6.45, 7) is 5.10. The van der Waals surface area contributed by atoms with Crippen molar-refractivity contribution in [3.63, 3.8) is 0 Å². The van der Waals surface area contributed by atoms with E-state index in [-0.39, 0.29) is 0 Å². The number of nitrogens with zero attached hydrogens (tertiary/aromatic N) is 1. The summed E-state index contributed by atoms with van der Waals surface area (Å²) in [5.74, 6) is 1.03. The fraction of sp³-hybridized carbons (Fsp3) is 1.00. The Labute approximate surface area is 44.3 Å². The molecule has 1 saturated heterocycles. The molecule has 2 atom stereocenters. The molecule has 1 heterocycles. The van der Waals surface area contributed by atoms with Gasteiger partial charge in [-0.15, -0.1) is 0 Å². The summed E-state index contributed by atoms with van der Waals surface area (Å²) in [5.41, 5.74) is 0. The van der Waals surface area contributed by atoms with Crippen LogP contribution < -0.4 is 0 Å². The maximum Gasteiger partial charge on any atom is 0.0126 e. The fourth-order valence-electron chi connectivity index (χ4n) is 1.20. The van der Waals surface area contributed by atoms with Gasteiger partial charge in [0.25, 0.3) is 0 Å². The lowest BCUT2D eigenvalue weighted by atomic mass is 10.5. The quantitative estimate of drug-likeness (QED) is 0.435. The van der Waals surface area contributed by atoms with Crippen LogP contribution in [0, 0.1) is 5.92 Å². The molecular weight excluding hydrogens is 86.1 g/mol. The number of hydrogen-bond acceptors (Lipinski definition) is 1. The zero-order valence-corrected chi connectivity index (χ0v) is 4.72. The van der Waals surface area contributed by atoms with E-state index in [0.717, 1.165) is 12.0 Å². The molecule has 0 aromatic carbocycles. The Balaban J connectivity index is 1.88. The molecule has 40 valence electrons. The van der Waals surface area contributed by atoms with E-state index < -0.39 is 0 Å². The van der Waals surface area contributed by atoms with Crippen molar-refractivity contribution in [1.29, 1.82) is 0 Å². The molecule has 0 bridgehead atoms. The number of hydrogen-bond donors (Lipinski definition) is 0. The maximum atomic E-state index is 2.55. The third-order valence-corrected chi connectivity index (χ3v) is 2.02. The summed E-state index contributed by atoms with van der Waals surface area (Å²) in [6.07, 6.45) is 1.47. The minimum Gasteiger partial charge on any atom is -0.298 e. The zero-order valence-electron chi connectivity index (χ0n) is 4.72. The molecule has 0 aromatic heterocycles. The molecule has 0 aromatic rings. The van der Waals surface area contributed by atoms with Gasteiger partial charge in [-0.3, -0.25) is 4.90 Å². The van der Waals surface area contributed by atoms with Crippen LogP contribution in [0.15, 0.2) is 0 Å². The predicted molar refractivity (Wildman–Crippen MR) is 29.1 cm³/mol. The molecule has 7 heavy (non-hydrogen) atoms. The van der Waals surface area contributed by atoms with Crippen LogP contribution in [0.1, 0.15) is 13.3 Å². The van der Waals surface area contributed by atoms with E-state index in [9.17, 15) is 0 Å². The molecule has 1 aliphatic carbocycles. The summed E-state index contributed by atoms with van der Waals surface area (Å²) < 4.78 is 0. The molecule has 0 N–H and O–H groups in total. The standard InChI is InChI=1S/C6H11N/c1-5-4-6(5)7-2-3-7/h5-6H,2-4H2,1H3. The second-order valence-corrected chi connectivity index (χ2v) is 2.82. The van der Waals surface area contributed by atoms with Crippen molar-refractivity contribution in [2.75, 3.05) is 13.1 Å². The Hall–Kier alpha value is -0.0400. The Kier molecular flexibility index (Phi) is 0.571. The highest BCUT2D eigenvalue weighted by atomic mass is 15.3. The molecule has 2 aliphatic rings. The summed E-state index contributed by atoms with van der Waals surface area (Å²) in [4.78, 5) is 2.55. The highest BCUT2D eigenvalue weighted by molar-refractivity contribution is 4.97. The predicted octanol–water partition coefficient (Wildman–Crippen LogP) is 0.710. The fourth-order valence-corrected chi connectivity index (χ4v) is 1.20. The van der Waals surface area contributed by atoms with Gasteiger partial charge in [-0.1, -0.05) is 6.92 Å². The Morgan fingerprint density at radius 1 is 1.43 bits per heavy atom. The average Bonchev–Trinajstić information content (AvgIpc) is 2.23. The van der Waals surface area contributed by atoms with Gasteiger partial charge in [0.15, 0.2) is 0 Å². The normalized spacial score (nSPS) is 49.3. The van der Waals surface area contributed by atoms with Crippen molar-refractivity contribution in [2.45, 2.75) is 19.4 Å². The third-order valence-electron chi connectivity index (χ3n) is 2.02. The minimum atomic E-state index is 1.01. The second kappa shape index (κ2) is 1.03. The van der Waals surface area contributed by atoms with Crippen LogP contribution in [0.3, 0.4) is 0 Å². The van der Waals surface area contributed by atoms with Crippen LogP contribution in [0.4, 0.5) is 0 Å². The highest BCUT2D eigenvalue weighted by Gasteiger charge is 2.42. The summed E-state index contributed by atoms with van der Waals surface area (Å²) in [7, 11) is 0. The SMILES string of the molecule is CC1CC1N1CC1. The smallest absolute Gasteiger partial charge is 0.0126 e. The first-order chi connectivity index (χ1) is 3.38. The largest absolute Gasteiger partial charge is 0.298 e. The van der Waals surface area contributed by atoms with E-state index >= 15 is 0 Å². The number of rotatable bonds is 1. The van der Waals surface area contributed by atoms with Crippen LogP contribution >= 0.6 is 0 Å². The first-order valence-electron chi connectivity index (χ1n) is 3.12. The summed E-state index contributed by atoms with van der Waals surface area (Å²) in [5, 5.41) is 0. The molecule has 2 rings (SSSR count). The molecule has 1 aliphatic heterocycles. The molecule has 2 unspecified atom stereocenters. The van der Waals surface area contributed by atoms with Gasteiger partial charge in [-0.2, -0.15) is 0 Å². The van der Waals surface area contributed by atoms with Crippen molar-refractivity contribution < 1.29 is 0 Å². The molecule has 1 saturated carbocycles. The van der Waals surface area contributed by atoms with Crippen LogP contribution in [-0.2, 0) is 0 Å². The van der Waals surface area contributed by atoms with Crippen LogP contribution in [0.25, 0.3) is 0 Å². The lowest BCUT2D eigenvalue weighted by Gasteiger charge is -1.89. The van der Waals surface area contributed by atoms with E-state index in [0.29, 0.717) is 0 Å². The van der Waals surface area contributed by atoms with Crippen LogP contribution in [-0.4, -0.2) is 24.0 Å². The highest BCUT2D eigenvalue weighted by Crippen LogP contribution is 2.37. The summed E-state index contributed by atoms with van der Waals surface area (Å²) >= 11 is 0. The molecule has 0 amide bonds. The topological polar surface area (TPSA) is 3.01 Å². The van der Waals surface area contributed by atoms with E-state index in [1.807, 2.05) is 0 Å². The van der Waals surface area contributed by atoms with E-state index in [4.69, 9.17) is 0 Å². The van der Waals surface area contributed by atoms with Crippen molar-refractivity contribution in [3.05, 3.63) is 0 Å². The van der Waals surface area contributed by atoms with Gasteiger partial charge < -0.3 is 0 Å². The van der Waals surface area contributed by atoms with E-state index in [2.05, 4.69) is 11.8 Å². The van der Waals surface area contributed by atoms with Crippen molar-refractivity contribution in [1.82, 2.24) is 4.90 Å². The Morgan fingerprint density at radius 2 is 2.00 bits per heavy atom. The van der Waals surface area contributed by atoms with Crippen molar-refractivity contribution in [2.24, 2.45) is 5.92 Å². The van der Waals surface area contributed by atoms with E-state index in [1.165, 1.54) is 19.5 Å². The lowest BCUT2D eigenvalue weighted by molar-refractivity contribution is 0.523. The van der Waals surface area contributed by atoms with Gasteiger partial charge in [0.2, 0.25) is 0 Å². The molecule has 1 nitrogen and oxygen atoms in total. The van der Waals surface area contributed by atoms with Gasteiger partial charge in [0.05, 0.1) is 0 Å². The van der Waals surface area contributed by atoms with Gasteiger partial charge >= 0.3 is 0 Å². The van der Waals surface area contributed by atoms with Gasteiger partial charge in [0.1, 0.15) is 0 Å². The molecule has 0 spiro atoms. The average molecular weight is 97.2 g/mol. The van der Waals surface area contributed by atoms with Crippen LogP contribution in [0.5, 0.6) is 0 Å². The first-order valence-corrected chi connectivity index (χ1v) is 3.12. The zero-order chi connectivity index (χ0) is 4.85. The van der Waals surface area contributed by atoms with E-state index in [1.54, 1.807) is 0 Å². The molecular formula is C6H11N. The van der Waals surface area contributed by atoms with Gasteiger partial charge in [-0.05, 0) is 12.3 Å². The van der Waals surface area contributed by atoms with Gasteiger partial charge in [-0.25, -0.2) is 0 Å². The van der Waals surface area contributed by atoms with Crippen molar-refractivity contribution in [3.8, 4) is 0 Å². The molecule has 0 radical (unpaired) electrons. The Bertz CT molecular complexity index is 86.2. The Morgan fingerprint density at radius 3 is 2.14 bits per heavy atom. The third kappa shape index (κ3) is 0.556. The van der Waals surface area contributed by atoms with Crippen molar-refractivity contribution >= 4 is 0 Å². The lowest BCUT2D eigenvalue weighted by Crippen LogP contribution is -1.99. The maximum absolute atomic E-state index is 2.55. The first kappa shape index (κ1) is 3.90. The minimum absolute atomic E-state index is 1.01. The van der Waals surface area contributed by atoms with Gasteiger partial charge in [0, 0.05) is 19.1 Å². The second-order valence-electron chi connectivity index (χ2n) is 2.82. The molecule has 1 heteroatoms.